The van der Waals surface area contributed by atoms with E-state index in [1.807, 2.05) is 6.92 Å². The van der Waals surface area contributed by atoms with Crippen LogP contribution in [0.5, 0.6) is 11.5 Å². The summed E-state index contributed by atoms with van der Waals surface area (Å²) in [4.78, 5) is 48.6. The summed E-state index contributed by atoms with van der Waals surface area (Å²) in [5, 5.41) is 12.9. The minimum atomic E-state index is -0.941. The number of benzene rings is 2. The molecule has 3 rings (SSSR count). The van der Waals surface area contributed by atoms with E-state index in [0.29, 0.717) is 23.7 Å². The summed E-state index contributed by atoms with van der Waals surface area (Å²) in [6, 6.07) is 8.85. The van der Waals surface area contributed by atoms with Crippen LogP contribution in [0.1, 0.15) is 25.3 Å². The number of unbranched alkanes of at least 4 members (excludes halogenated alkanes) is 1. The molecule has 10 heteroatoms. The smallest absolute Gasteiger partial charge is 0.335 e. The predicted octanol–water partition coefficient (Wildman–Crippen LogP) is 3.45. The summed E-state index contributed by atoms with van der Waals surface area (Å²) in [6.45, 7) is 2.58. The average Bonchev–Trinajstić information content (AvgIpc) is 2.77. The number of barbiturate groups is 1. The molecule has 4 amide bonds. The van der Waals surface area contributed by atoms with E-state index in [-0.39, 0.29) is 16.9 Å². The van der Waals surface area contributed by atoms with E-state index in [4.69, 9.17) is 9.47 Å². The van der Waals surface area contributed by atoms with Crippen LogP contribution in [0.25, 0.3) is 6.08 Å². The third-order valence-electron chi connectivity index (χ3n) is 4.67. The number of anilines is 1. The van der Waals surface area contributed by atoms with Crippen LogP contribution in [0.4, 0.5) is 16.2 Å². The molecule has 1 aliphatic heterocycles. The van der Waals surface area contributed by atoms with Crippen molar-refractivity contribution in [3.63, 3.8) is 0 Å². The maximum Gasteiger partial charge on any atom is 0.335 e. The van der Waals surface area contributed by atoms with Crippen molar-refractivity contribution < 1.29 is 28.8 Å². The van der Waals surface area contributed by atoms with Crippen molar-refractivity contribution in [3.05, 3.63) is 63.7 Å². The second-order valence-corrected chi connectivity index (χ2v) is 6.84. The van der Waals surface area contributed by atoms with Crippen LogP contribution in [0.3, 0.4) is 0 Å². The minimum Gasteiger partial charge on any atom is -0.493 e. The molecule has 0 aliphatic carbocycles. The van der Waals surface area contributed by atoms with E-state index in [0.717, 1.165) is 29.9 Å². The maximum absolute atomic E-state index is 13.0. The minimum absolute atomic E-state index is 0.0914. The molecule has 1 heterocycles. The third kappa shape index (κ3) is 4.75. The molecule has 2 aromatic rings. The summed E-state index contributed by atoms with van der Waals surface area (Å²) < 4.78 is 11.0. The van der Waals surface area contributed by atoms with E-state index < -0.39 is 22.8 Å². The molecule has 1 fully saturated rings. The third-order valence-corrected chi connectivity index (χ3v) is 4.67. The molecule has 2 aromatic carbocycles. The number of carbonyl (C=O) groups is 3. The molecule has 0 saturated carbocycles. The zero-order valence-corrected chi connectivity index (χ0v) is 17.5. The molecular formula is C22H21N3O7. The fourth-order valence-electron chi connectivity index (χ4n) is 3.00. The van der Waals surface area contributed by atoms with Gasteiger partial charge in [-0.25, -0.2) is 9.69 Å². The first-order valence-electron chi connectivity index (χ1n) is 9.82. The van der Waals surface area contributed by atoms with Crippen molar-refractivity contribution in [1.82, 2.24) is 5.32 Å². The fraction of sp³-hybridized carbons (Fsp3) is 0.227. The number of imide groups is 2. The molecule has 166 valence electrons. The van der Waals surface area contributed by atoms with Gasteiger partial charge in [0.2, 0.25) is 0 Å². The van der Waals surface area contributed by atoms with Gasteiger partial charge in [-0.1, -0.05) is 19.4 Å². The van der Waals surface area contributed by atoms with Gasteiger partial charge in [0, 0.05) is 12.1 Å². The molecule has 0 aromatic heterocycles. The summed E-state index contributed by atoms with van der Waals surface area (Å²) in [5.41, 5.74) is 0.110. The monoisotopic (exact) mass is 439 g/mol. The number of non-ortho nitro benzene ring substituents is 1. The lowest BCUT2D eigenvalue weighted by Crippen LogP contribution is -2.54. The molecule has 32 heavy (non-hydrogen) atoms. The van der Waals surface area contributed by atoms with E-state index in [1.165, 1.54) is 25.3 Å². The molecule has 10 nitrogen and oxygen atoms in total. The van der Waals surface area contributed by atoms with Gasteiger partial charge >= 0.3 is 6.03 Å². The number of nitrogens with zero attached hydrogens (tertiary/aromatic N) is 2. The van der Waals surface area contributed by atoms with E-state index in [1.54, 1.807) is 18.2 Å². The van der Waals surface area contributed by atoms with Crippen molar-refractivity contribution in [2.24, 2.45) is 0 Å². The van der Waals surface area contributed by atoms with Crippen LogP contribution in [0.2, 0.25) is 0 Å². The topological polar surface area (TPSA) is 128 Å². The van der Waals surface area contributed by atoms with Gasteiger partial charge in [-0.15, -0.1) is 0 Å². The lowest BCUT2D eigenvalue weighted by Gasteiger charge is -2.26. The second kappa shape index (κ2) is 9.73. The SMILES string of the molecule is CCCCOc1ccc(C=C2C(=O)NC(=O)N(c3ccc([N+](=O)[O-])cc3)C2=O)cc1OC. The number of carbonyl (C=O) groups excluding carboxylic acids is 3. The van der Waals surface area contributed by atoms with Gasteiger partial charge in [0.1, 0.15) is 5.57 Å². The van der Waals surface area contributed by atoms with Gasteiger partial charge in [0.05, 0.1) is 24.3 Å². The highest BCUT2D eigenvalue weighted by atomic mass is 16.6. The normalized spacial score (nSPS) is 15.0. The molecule has 1 N–H and O–H groups in total. The standard InChI is InChI=1S/C22H21N3O7/c1-3-4-11-32-18-10-5-14(13-19(18)31-2)12-17-20(26)23-22(28)24(21(17)27)15-6-8-16(9-7-15)25(29)30/h5-10,12-13H,3-4,11H2,1-2H3,(H,23,26,28). The first-order valence-corrected chi connectivity index (χ1v) is 9.82. The molecule has 0 atom stereocenters. The number of amides is 4. The first kappa shape index (κ1) is 22.5. The summed E-state index contributed by atoms with van der Waals surface area (Å²) in [7, 11) is 1.48. The number of nitro groups is 1. The number of hydrogen-bond donors (Lipinski definition) is 1. The molecule has 0 spiro atoms. The molecule has 0 radical (unpaired) electrons. The Kier molecular flexibility index (Phi) is 6.83. The number of hydrogen-bond acceptors (Lipinski definition) is 7. The zero-order chi connectivity index (χ0) is 23.3. The van der Waals surface area contributed by atoms with Gasteiger partial charge in [-0.3, -0.25) is 25.0 Å². The Hall–Kier alpha value is -4.21. The number of methoxy groups -OCH3 is 1. The fourth-order valence-corrected chi connectivity index (χ4v) is 3.00. The molecule has 0 bridgehead atoms. The van der Waals surface area contributed by atoms with E-state index in [2.05, 4.69) is 5.32 Å². The van der Waals surface area contributed by atoms with Crippen molar-refractivity contribution in [2.75, 3.05) is 18.6 Å². The van der Waals surface area contributed by atoms with Crippen molar-refractivity contribution in [3.8, 4) is 11.5 Å². The van der Waals surface area contributed by atoms with Crippen molar-refractivity contribution in [1.29, 1.82) is 0 Å². The number of urea groups is 1. The number of nitrogens with one attached hydrogen (secondary N) is 1. The predicted molar refractivity (Wildman–Crippen MR) is 115 cm³/mol. The molecular weight excluding hydrogens is 418 g/mol. The van der Waals surface area contributed by atoms with Crippen LogP contribution < -0.4 is 19.7 Å². The van der Waals surface area contributed by atoms with Crippen LogP contribution in [0, 0.1) is 10.1 Å². The highest BCUT2D eigenvalue weighted by Crippen LogP contribution is 2.30. The van der Waals surface area contributed by atoms with Crippen LogP contribution in [0.15, 0.2) is 48.0 Å². The maximum atomic E-state index is 13.0. The van der Waals surface area contributed by atoms with Gasteiger partial charge in [0.15, 0.2) is 11.5 Å². The highest BCUT2D eigenvalue weighted by molar-refractivity contribution is 6.39. The Bertz CT molecular complexity index is 1090. The van der Waals surface area contributed by atoms with Crippen molar-refractivity contribution >= 4 is 35.3 Å². The first-order chi connectivity index (χ1) is 15.3. The second-order valence-electron chi connectivity index (χ2n) is 6.84. The van der Waals surface area contributed by atoms with Crippen molar-refractivity contribution in [2.45, 2.75) is 19.8 Å². The zero-order valence-electron chi connectivity index (χ0n) is 17.5. The van der Waals surface area contributed by atoms with Gasteiger partial charge in [-0.05, 0) is 42.3 Å². The van der Waals surface area contributed by atoms with E-state index in [9.17, 15) is 24.5 Å². The Labute approximate surface area is 183 Å². The largest absolute Gasteiger partial charge is 0.493 e. The lowest BCUT2D eigenvalue weighted by atomic mass is 10.1. The summed E-state index contributed by atoms with van der Waals surface area (Å²) in [5.74, 6) is -0.733. The Morgan fingerprint density at radius 2 is 1.81 bits per heavy atom. The Morgan fingerprint density at radius 1 is 1.09 bits per heavy atom. The van der Waals surface area contributed by atoms with Gasteiger partial charge in [-0.2, -0.15) is 0 Å². The van der Waals surface area contributed by atoms with Gasteiger partial charge in [0.25, 0.3) is 17.5 Å². The van der Waals surface area contributed by atoms with Crippen LogP contribution in [-0.4, -0.2) is 36.5 Å². The summed E-state index contributed by atoms with van der Waals surface area (Å²) >= 11 is 0. The number of rotatable bonds is 8. The van der Waals surface area contributed by atoms with Crippen LogP contribution >= 0.6 is 0 Å². The van der Waals surface area contributed by atoms with Crippen LogP contribution in [-0.2, 0) is 9.59 Å². The Morgan fingerprint density at radius 3 is 2.44 bits per heavy atom. The lowest BCUT2D eigenvalue weighted by molar-refractivity contribution is -0.384. The molecule has 1 aliphatic rings. The molecule has 0 unspecified atom stereocenters. The summed E-state index contributed by atoms with van der Waals surface area (Å²) in [6.07, 6.45) is 3.20. The average molecular weight is 439 g/mol. The van der Waals surface area contributed by atoms with Gasteiger partial charge < -0.3 is 9.47 Å². The quantitative estimate of drug-likeness (QED) is 0.219. The number of nitro benzene ring substituents is 1. The Balaban J connectivity index is 1.91. The number of ether oxygens (including phenoxy) is 2. The van der Waals surface area contributed by atoms with E-state index >= 15 is 0 Å². The highest BCUT2D eigenvalue weighted by Gasteiger charge is 2.37. The molecule has 1 saturated heterocycles.